The maximum Gasteiger partial charge on any atom is 0.253 e. The summed E-state index contributed by atoms with van der Waals surface area (Å²) < 4.78 is 0.774. The highest BCUT2D eigenvalue weighted by atomic mass is 79.9. The van der Waals surface area contributed by atoms with Crippen LogP contribution in [-0.2, 0) is 4.79 Å². The Bertz CT molecular complexity index is 545. The maximum absolute atomic E-state index is 12.4. The van der Waals surface area contributed by atoms with Crippen LogP contribution < -0.4 is 5.32 Å². The zero-order valence-corrected chi connectivity index (χ0v) is 14.1. The van der Waals surface area contributed by atoms with Gasteiger partial charge >= 0.3 is 0 Å². The van der Waals surface area contributed by atoms with Crippen LogP contribution in [0.4, 0.5) is 0 Å². The molecule has 0 spiro atoms. The molecule has 0 radical (unpaired) electrons. The number of likely N-dealkylation sites (N-methyl/N-ethyl adjacent to an activating group) is 1. The van der Waals surface area contributed by atoms with Crippen molar-refractivity contribution in [2.75, 3.05) is 39.8 Å². The zero-order valence-electron chi connectivity index (χ0n) is 11.7. The van der Waals surface area contributed by atoms with Gasteiger partial charge in [0.1, 0.15) is 0 Å². The molecule has 2 amide bonds. The topological polar surface area (TPSA) is 52.7 Å². The summed E-state index contributed by atoms with van der Waals surface area (Å²) in [5, 5.41) is 3.13. The van der Waals surface area contributed by atoms with Gasteiger partial charge in [0, 0.05) is 43.3 Å². The Balaban J connectivity index is 1.93. The molecule has 1 saturated heterocycles. The number of nitrogens with one attached hydrogen (secondary N) is 1. The fraction of sp³-hybridized carbons (Fsp3) is 0.429. The Morgan fingerprint density at radius 3 is 2.52 bits per heavy atom. The Morgan fingerprint density at radius 1 is 1.29 bits per heavy atom. The lowest BCUT2D eigenvalue weighted by Crippen LogP contribution is -2.50. The normalized spacial score (nSPS) is 15.9. The Labute approximate surface area is 137 Å². The monoisotopic (exact) mass is 373 g/mol. The van der Waals surface area contributed by atoms with Crippen molar-refractivity contribution in [3.63, 3.8) is 0 Å². The van der Waals surface area contributed by atoms with Crippen molar-refractivity contribution in [1.29, 1.82) is 0 Å². The molecule has 1 fully saturated rings. The number of nitrogens with zero attached hydrogens (tertiary/aromatic N) is 2. The lowest BCUT2D eigenvalue weighted by Gasteiger charge is -2.34. The Kier molecular flexibility index (Phi) is 5.61. The van der Waals surface area contributed by atoms with Crippen LogP contribution in [0.2, 0.25) is 5.02 Å². The summed E-state index contributed by atoms with van der Waals surface area (Å²) in [6.45, 7) is 3.00. The lowest BCUT2D eigenvalue weighted by molar-refractivity contribution is -0.122. The second-order valence-corrected chi connectivity index (χ2v) is 6.13. The quantitative estimate of drug-likeness (QED) is 0.874. The van der Waals surface area contributed by atoms with Gasteiger partial charge in [-0.3, -0.25) is 14.5 Å². The van der Waals surface area contributed by atoms with Gasteiger partial charge in [-0.15, -0.1) is 0 Å². The van der Waals surface area contributed by atoms with E-state index in [0.29, 0.717) is 43.3 Å². The maximum atomic E-state index is 12.4. The SMILES string of the molecule is CNC(=O)CN1CCN(C(=O)c2ccc(Br)c(Cl)c2)CC1. The van der Waals surface area contributed by atoms with Crippen LogP contribution in [0.15, 0.2) is 22.7 Å². The third-order valence-electron chi connectivity index (χ3n) is 3.47. The first-order valence-corrected chi connectivity index (χ1v) is 7.85. The molecule has 1 aliphatic heterocycles. The molecule has 1 N–H and O–H groups in total. The predicted octanol–water partition coefficient (Wildman–Crippen LogP) is 1.61. The number of hydrogen-bond donors (Lipinski definition) is 1. The lowest BCUT2D eigenvalue weighted by atomic mass is 10.2. The molecular weight excluding hydrogens is 358 g/mol. The molecule has 0 atom stereocenters. The van der Waals surface area contributed by atoms with Crippen LogP contribution in [-0.4, -0.2) is 61.4 Å². The van der Waals surface area contributed by atoms with E-state index in [9.17, 15) is 9.59 Å². The van der Waals surface area contributed by atoms with Gasteiger partial charge in [0.2, 0.25) is 5.91 Å². The summed E-state index contributed by atoms with van der Waals surface area (Å²) in [4.78, 5) is 27.6. The van der Waals surface area contributed by atoms with Gasteiger partial charge in [0.15, 0.2) is 0 Å². The fourth-order valence-electron chi connectivity index (χ4n) is 2.20. The highest BCUT2D eigenvalue weighted by Crippen LogP contribution is 2.24. The zero-order chi connectivity index (χ0) is 15.4. The minimum Gasteiger partial charge on any atom is -0.358 e. The van der Waals surface area contributed by atoms with Gasteiger partial charge in [0.05, 0.1) is 11.6 Å². The van der Waals surface area contributed by atoms with Crippen LogP contribution in [0.1, 0.15) is 10.4 Å². The summed E-state index contributed by atoms with van der Waals surface area (Å²) >= 11 is 9.33. The number of benzene rings is 1. The van der Waals surface area contributed by atoms with Gasteiger partial charge in [-0.1, -0.05) is 11.6 Å². The molecule has 1 aromatic rings. The van der Waals surface area contributed by atoms with Gasteiger partial charge in [-0.05, 0) is 34.1 Å². The van der Waals surface area contributed by atoms with E-state index < -0.39 is 0 Å². The third kappa shape index (κ3) is 4.18. The molecule has 114 valence electrons. The number of hydrogen-bond acceptors (Lipinski definition) is 3. The summed E-state index contributed by atoms with van der Waals surface area (Å²) in [5.41, 5.74) is 0.586. The van der Waals surface area contributed by atoms with Crippen LogP contribution >= 0.6 is 27.5 Å². The van der Waals surface area contributed by atoms with E-state index in [2.05, 4.69) is 21.2 Å². The minimum atomic E-state index is -0.0241. The van der Waals surface area contributed by atoms with E-state index in [1.54, 1.807) is 30.1 Å². The summed E-state index contributed by atoms with van der Waals surface area (Å²) in [6.07, 6.45) is 0. The van der Waals surface area contributed by atoms with Crippen LogP contribution in [0.3, 0.4) is 0 Å². The molecule has 0 bridgehead atoms. The number of halogens is 2. The number of carbonyl (C=O) groups excluding carboxylic acids is 2. The van der Waals surface area contributed by atoms with Gasteiger partial charge < -0.3 is 10.2 Å². The minimum absolute atomic E-state index is 0.00512. The average Bonchev–Trinajstić information content (AvgIpc) is 2.50. The number of carbonyl (C=O) groups is 2. The average molecular weight is 375 g/mol. The van der Waals surface area contributed by atoms with E-state index in [1.165, 1.54) is 0 Å². The van der Waals surface area contributed by atoms with E-state index in [1.807, 2.05) is 4.90 Å². The molecule has 1 aromatic carbocycles. The molecule has 0 saturated carbocycles. The van der Waals surface area contributed by atoms with Crippen LogP contribution in [0.5, 0.6) is 0 Å². The third-order valence-corrected chi connectivity index (χ3v) is 4.70. The van der Waals surface area contributed by atoms with Crippen molar-refractivity contribution in [3.05, 3.63) is 33.3 Å². The summed E-state index contributed by atoms with van der Waals surface area (Å²) in [7, 11) is 1.62. The van der Waals surface area contributed by atoms with Crippen molar-refractivity contribution in [2.45, 2.75) is 0 Å². The van der Waals surface area contributed by atoms with E-state index in [-0.39, 0.29) is 11.8 Å². The molecule has 7 heteroatoms. The summed E-state index contributed by atoms with van der Waals surface area (Å²) in [5.74, 6) is -0.0292. The molecule has 2 rings (SSSR count). The van der Waals surface area contributed by atoms with Crippen molar-refractivity contribution >= 4 is 39.3 Å². The molecule has 0 unspecified atom stereocenters. The van der Waals surface area contributed by atoms with Crippen molar-refractivity contribution in [3.8, 4) is 0 Å². The second kappa shape index (κ2) is 7.24. The molecular formula is C14H17BrClN3O2. The van der Waals surface area contributed by atoms with Crippen LogP contribution in [0.25, 0.3) is 0 Å². The van der Waals surface area contributed by atoms with E-state index >= 15 is 0 Å². The fourth-order valence-corrected chi connectivity index (χ4v) is 2.63. The largest absolute Gasteiger partial charge is 0.358 e. The Hall–Kier alpha value is -1.11. The molecule has 1 heterocycles. The van der Waals surface area contributed by atoms with Crippen molar-refractivity contribution < 1.29 is 9.59 Å². The molecule has 1 aliphatic rings. The number of rotatable bonds is 3. The highest BCUT2D eigenvalue weighted by molar-refractivity contribution is 9.10. The molecule has 5 nitrogen and oxygen atoms in total. The number of piperazine rings is 1. The second-order valence-electron chi connectivity index (χ2n) is 4.87. The van der Waals surface area contributed by atoms with Gasteiger partial charge in [-0.2, -0.15) is 0 Å². The van der Waals surface area contributed by atoms with Crippen LogP contribution in [0, 0.1) is 0 Å². The molecule has 0 aliphatic carbocycles. The van der Waals surface area contributed by atoms with Crippen molar-refractivity contribution in [2.24, 2.45) is 0 Å². The van der Waals surface area contributed by atoms with E-state index in [4.69, 9.17) is 11.6 Å². The van der Waals surface area contributed by atoms with Gasteiger partial charge in [-0.25, -0.2) is 0 Å². The standard InChI is InChI=1S/C14H17BrClN3O2/c1-17-13(20)9-18-4-6-19(7-5-18)14(21)10-2-3-11(15)12(16)8-10/h2-3,8H,4-7,9H2,1H3,(H,17,20). The van der Waals surface area contributed by atoms with Gasteiger partial charge in [0.25, 0.3) is 5.91 Å². The predicted molar refractivity (Wildman–Crippen MR) is 85.6 cm³/mol. The highest BCUT2D eigenvalue weighted by Gasteiger charge is 2.23. The number of amides is 2. The summed E-state index contributed by atoms with van der Waals surface area (Å²) in [6, 6.07) is 5.21. The van der Waals surface area contributed by atoms with Crippen molar-refractivity contribution in [1.82, 2.24) is 15.1 Å². The first-order valence-electron chi connectivity index (χ1n) is 6.68. The van der Waals surface area contributed by atoms with E-state index in [0.717, 1.165) is 4.47 Å². The molecule has 21 heavy (non-hydrogen) atoms. The Morgan fingerprint density at radius 2 is 1.95 bits per heavy atom. The smallest absolute Gasteiger partial charge is 0.253 e. The molecule has 0 aromatic heterocycles. The first-order chi connectivity index (χ1) is 10.0. The first kappa shape index (κ1) is 16.3.